The zero-order valence-electron chi connectivity index (χ0n) is 7.30. The number of hydrogen-bond donors (Lipinski definition) is 2. The highest BCUT2D eigenvalue weighted by Gasteiger charge is 2.31. The van der Waals surface area contributed by atoms with Gasteiger partial charge in [0, 0.05) is 5.41 Å². The van der Waals surface area contributed by atoms with Gasteiger partial charge in [0.15, 0.2) is 0 Å². The van der Waals surface area contributed by atoms with E-state index in [4.69, 9.17) is 0 Å². The molecule has 1 aliphatic heterocycles. The molecular formula is C8H14N4. The van der Waals surface area contributed by atoms with Gasteiger partial charge in [-0.05, 0) is 25.9 Å². The molecule has 1 aromatic rings. The van der Waals surface area contributed by atoms with Crippen molar-refractivity contribution in [1.29, 1.82) is 0 Å². The summed E-state index contributed by atoms with van der Waals surface area (Å²) in [5.41, 5.74) is 0.210. The first-order valence-electron chi connectivity index (χ1n) is 4.38. The van der Waals surface area contributed by atoms with Crippen molar-refractivity contribution in [2.75, 3.05) is 13.1 Å². The second-order valence-electron chi connectivity index (χ2n) is 3.64. The minimum atomic E-state index is 0.210. The van der Waals surface area contributed by atoms with Gasteiger partial charge >= 0.3 is 0 Å². The summed E-state index contributed by atoms with van der Waals surface area (Å²) in [6, 6.07) is 0. The molecule has 0 unspecified atom stereocenters. The van der Waals surface area contributed by atoms with Crippen LogP contribution in [0.25, 0.3) is 0 Å². The first-order chi connectivity index (χ1) is 5.81. The standard InChI is InChI=1S/C8H14N4/c1-8(2-4-9-5-3-8)7-10-6-11-12-7/h6,9H,2-5H2,1H3,(H,10,11,12). The number of aromatic nitrogens is 3. The highest BCUT2D eigenvalue weighted by Crippen LogP contribution is 2.29. The van der Waals surface area contributed by atoms with Crippen molar-refractivity contribution in [1.82, 2.24) is 20.5 Å². The number of piperidine rings is 1. The Morgan fingerprint density at radius 2 is 2.17 bits per heavy atom. The Morgan fingerprint density at radius 3 is 2.75 bits per heavy atom. The van der Waals surface area contributed by atoms with E-state index < -0.39 is 0 Å². The molecule has 0 saturated carbocycles. The first-order valence-corrected chi connectivity index (χ1v) is 4.38. The maximum atomic E-state index is 4.22. The number of hydrogen-bond acceptors (Lipinski definition) is 3. The summed E-state index contributed by atoms with van der Waals surface area (Å²) in [5.74, 6) is 1.03. The maximum absolute atomic E-state index is 4.22. The molecule has 1 saturated heterocycles. The van der Waals surface area contributed by atoms with E-state index in [1.807, 2.05) is 0 Å². The Hall–Kier alpha value is -0.900. The molecule has 12 heavy (non-hydrogen) atoms. The van der Waals surface area contributed by atoms with Crippen molar-refractivity contribution in [2.24, 2.45) is 0 Å². The molecule has 0 aromatic carbocycles. The fraction of sp³-hybridized carbons (Fsp3) is 0.750. The topological polar surface area (TPSA) is 53.6 Å². The summed E-state index contributed by atoms with van der Waals surface area (Å²) in [7, 11) is 0. The molecule has 0 aliphatic carbocycles. The fourth-order valence-corrected chi connectivity index (χ4v) is 1.71. The van der Waals surface area contributed by atoms with Crippen LogP contribution < -0.4 is 5.32 Å². The quantitative estimate of drug-likeness (QED) is 0.636. The molecule has 4 heteroatoms. The average molecular weight is 166 g/mol. The van der Waals surface area contributed by atoms with Crippen LogP contribution >= 0.6 is 0 Å². The zero-order chi connectivity index (χ0) is 8.44. The van der Waals surface area contributed by atoms with Gasteiger partial charge in [0.2, 0.25) is 0 Å². The fourth-order valence-electron chi connectivity index (χ4n) is 1.71. The molecule has 0 spiro atoms. The van der Waals surface area contributed by atoms with Crippen molar-refractivity contribution < 1.29 is 0 Å². The summed E-state index contributed by atoms with van der Waals surface area (Å²) in [4.78, 5) is 4.22. The molecule has 4 nitrogen and oxygen atoms in total. The van der Waals surface area contributed by atoms with E-state index in [2.05, 4.69) is 27.4 Å². The summed E-state index contributed by atoms with van der Waals surface area (Å²) in [6.45, 7) is 4.41. The van der Waals surface area contributed by atoms with Gasteiger partial charge in [0.05, 0.1) is 0 Å². The highest BCUT2D eigenvalue weighted by atomic mass is 15.2. The van der Waals surface area contributed by atoms with Crippen LogP contribution in [0, 0.1) is 0 Å². The van der Waals surface area contributed by atoms with Gasteiger partial charge in [-0.2, -0.15) is 5.10 Å². The van der Waals surface area contributed by atoms with Crippen molar-refractivity contribution >= 4 is 0 Å². The SMILES string of the molecule is CC1(c2ncn[nH]2)CCNCC1. The van der Waals surface area contributed by atoms with Gasteiger partial charge in [0.25, 0.3) is 0 Å². The van der Waals surface area contributed by atoms with Gasteiger partial charge in [-0.25, -0.2) is 4.98 Å². The van der Waals surface area contributed by atoms with Crippen LogP contribution in [0.4, 0.5) is 0 Å². The minimum Gasteiger partial charge on any atom is -0.317 e. The Bertz CT molecular complexity index is 236. The lowest BCUT2D eigenvalue weighted by Gasteiger charge is -2.31. The minimum absolute atomic E-state index is 0.210. The van der Waals surface area contributed by atoms with Crippen LogP contribution in [0.2, 0.25) is 0 Å². The third-order valence-corrected chi connectivity index (χ3v) is 2.69. The monoisotopic (exact) mass is 166 g/mol. The number of aromatic amines is 1. The van der Waals surface area contributed by atoms with Crippen LogP contribution in [0.15, 0.2) is 6.33 Å². The molecule has 66 valence electrons. The number of rotatable bonds is 1. The van der Waals surface area contributed by atoms with Gasteiger partial charge in [-0.3, -0.25) is 5.10 Å². The maximum Gasteiger partial charge on any atom is 0.137 e. The predicted octanol–water partition coefficient (Wildman–Crippen LogP) is 0.446. The average Bonchev–Trinajstić information content (AvgIpc) is 2.58. The van der Waals surface area contributed by atoms with Crippen molar-refractivity contribution in [2.45, 2.75) is 25.2 Å². The van der Waals surface area contributed by atoms with E-state index >= 15 is 0 Å². The predicted molar refractivity (Wildman–Crippen MR) is 45.8 cm³/mol. The largest absolute Gasteiger partial charge is 0.317 e. The summed E-state index contributed by atoms with van der Waals surface area (Å²) in [6.07, 6.45) is 3.87. The van der Waals surface area contributed by atoms with E-state index in [-0.39, 0.29) is 5.41 Å². The zero-order valence-corrected chi connectivity index (χ0v) is 7.30. The summed E-state index contributed by atoms with van der Waals surface area (Å²) in [5, 5.41) is 10.2. The second-order valence-corrected chi connectivity index (χ2v) is 3.64. The van der Waals surface area contributed by atoms with Gasteiger partial charge in [-0.15, -0.1) is 0 Å². The molecule has 2 heterocycles. The summed E-state index contributed by atoms with van der Waals surface area (Å²) < 4.78 is 0. The molecule has 2 rings (SSSR count). The Labute approximate surface area is 71.8 Å². The first kappa shape index (κ1) is 7.73. The molecule has 2 N–H and O–H groups in total. The van der Waals surface area contributed by atoms with Crippen LogP contribution in [-0.4, -0.2) is 28.3 Å². The van der Waals surface area contributed by atoms with Crippen molar-refractivity contribution in [3.05, 3.63) is 12.2 Å². The Morgan fingerprint density at radius 1 is 1.42 bits per heavy atom. The Balaban J connectivity index is 2.19. The van der Waals surface area contributed by atoms with Crippen molar-refractivity contribution in [3.63, 3.8) is 0 Å². The normalized spacial score (nSPS) is 22.4. The van der Waals surface area contributed by atoms with Crippen LogP contribution in [0.1, 0.15) is 25.6 Å². The van der Waals surface area contributed by atoms with Gasteiger partial charge in [-0.1, -0.05) is 6.92 Å². The third-order valence-electron chi connectivity index (χ3n) is 2.69. The number of H-pyrrole nitrogens is 1. The van der Waals surface area contributed by atoms with Crippen LogP contribution in [0.5, 0.6) is 0 Å². The van der Waals surface area contributed by atoms with Crippen LogP contribution in [-0.2, 0) is 5.41 Å². The smallest absolute Gasteiger partial charge is 0.137 e. The van der Waals surface area contributed by atoms with E-state index in [1.165, 1.54) is 0 Å². The molecule has 0 atom stereocenters. The molecule has 0 radical (unpaired) electrons. The molecule has 0 amide bonds. The number of nitrogens with zero attached hydrogens (tertiary/aromatic N) is 2. The molecule has 0 bridgehead atoms. The third kappa shape index (κ3) is 1.22. The molecule has 1 aliphatic rings. The number of nitrogens with one attached hydrogen (secondary N) is 2. The van der Waals surface area contributed by atoms with E-state index in [0.717, 1.165) is 31.8 Å². The lowest BCUT2D eigenvalue weighted by Crippen LogP contribution is -2.38. The van der Waals surface area contributed by atoms with Crippen LogP contribution in [0.3, 0.4) is 0 Å². The lowest BCUT2D eigenvalue weighted by atomic mass is 9.80. The van der Waals surface area contributed by atoms with Gasteiger partial charge in [0.1, 0.15) is 12.2 Å². The highest BCUT2D eigenvalue weighted by molar-refractivity contribution is 5.05. The van der Waals surface area contributed by atoms with E-state index in [1.54, 1.807) is 6.33 Å². The van der Waals surface area contributed by atoms with Gasteiger partial charge < -0.3 is 5.32 Å². The van der Waals surface area contributed by atoms with E-state index in [9.17, 15) is 0 Å². The van der Waals surface area contributed by atoms with Crippen molar-refractivity contribution in [3.8, 4) is 0 Å². The second kappa shape index (κ2) is 2.86. The molecular weight excluding hydrogens is 152 g/mol. The lowest BCUT2D eigenvalue weighted by molar-refractivity contribution is 0.320. The van der Waals surface area contributed by atoms with E-state index in [0.29, 0.717) is 0 Å². The Kier molecular flexibility index (Phi) is 1.84. The summed E-state index contributed by atoms with van der Waals surface area (Å²) >= 11 is 0. The molecule has 1 fully saturated rings. The molecule has 1 aromatic heterocycles.